The summed E-state index contributed by atoms with van der Waals surface area (Å²) in [6.07, 6.45) is 51.3. The number of nitrogens with one attached hydrogen (secondary N) is 1. The molecule has 1 N–H and O–H groups in total. The third-order valence-electron chi connectivity index (χ3n) is 9.34. The number of unbranched alkanes of at least 4 members (excludes halogenated alkanes) is 34. The Labute approximate surface area is 299 Å². The summed E-state index contributed by atoms with van der Waals surface area (Å²) in [5.41, 5.74) is 0. The van der Waals surface area contributed by atoms with E-state index in [0.717, 1.165) is 17.2 Å². The van der Waals surface area contributed by atoms with Crippen LogP contribution in [-0.4, -0.2) is 15.1 Å². The lowest BCUT2D eigenvalue weighted by Gasteiger charge is -2.05. The Bertz CT molecular complexity index is 532. The van der Waals surface area contributed by atoms with Crippen LogP contribution in [0, 0.1) is 0 Å². The highest BCUT2D eigenvalue weighted by Crippen LogP contribution is 2.17. The van der Waals surface area contributed by atoms with Gasteiger partial charge < -0.3 is 5.32 Å². The normalized spacial score (nSPS) is 11.3. The van der Waals surface area contributed by atoms with Gasteiger partial charge in [-0.1, -0.05) is 236 Å². The van der Waals surface area contributed by atoms with E-state index in [4.69, 9.17) is 24.4 Å². The number of hydrogen-bond donors (Lipinski definition) is 3. The second-order valence-electron chi connectivity index (χ2n) is 13.8. The van der Waals surface area contributed by atoms with Crippen LogP contribution < -0.4 is 5.32 Å². The molecule has 1 nitrogen and oxygen atoms in total. The van der Waals surface area contributed by atoms with Gasteiger partial charge in [-0.15, -0.1) is 25.3 Å². The molecule has 0 aromatic heterocycles. The van der Waals surface area contributed by atoms with Crippen molar-refractivity contribution in [1.82, 2.24) is 5.32 Å². The lowest BCUT2D eigenvalue weighted by atomic mass is 10.0. The summed E-state index contributed by atoms with van der Waals surface area (Å²) in [4.78, 5) is 0. The summed E-state index contributed by atoms with van der Waals surface area (Å²) in [6, 6.07) is 0. The van der Waals surface area contributed by atoms with E-state index in [2.05, 4.69) is 30.6 Å². The Morgan fingerprint density at radius 1 is 0.295 bits per heavy atom. The smallest absolute Gasteiger partial charge is 0.130 e. The molecule has 5 heteroatoms. The van der Waals surface area contributed by atoms with Crippen molar-refractivity contribution >= 4 is 58.2 Å². The minimum atomic E-state index is 0.629. The zero-order chi connectivity index (χ0) is 32.0. The number of rotatable bonds is 38. The Morgan fingerprint density at radius 2 is 0.477 bits per heavy atom. The third-order valence-corrected chi connectivity index (χ3v) is 10.1. The average Bonchev–Trinajstić information content (AvgIpc) is 3.00. The number of thiol groups is 2. The van der Waals surface area contributed by atoms with Crippen LogP contribution in [0.1, 0.15) is 231 Å². The highest BCUT2D eigenvalue weighted by Gasteiger charge is 1.98. The SMILES string of the molecule is S=C(S)CCCCCCCCCCCCCCCCCCCCCCCCCCCCCCCCCCCCCNC(=S)S. The van der Waals surface area contributed by atoms with Crippen molar-refractivity contribution in [3.63, 3.8) is 0 Å². The molecule has 0 fully saturated rings. The fourth-order valence-corrected chi connectivity index (χ4v) is 6.95. The molecule has 0 aliphatic rings. The molecule has 0 rings (SSSR count). The van der Waals surface area contributed by atoms with Gasteiger partial charge in [0.05, 0.1) is 0 Å². The van der Waals surface area contributed by atoms with Crippen LogP contribution in [0.5, 0.6) is 0 Å². The molecule has 0 aliphatic heterocycles. The van der Waals surface area contributed by atoms with Crippen molar-refractivity contribution < 1.29 is 0 Å². The Kier molecular flexibility index (Phi) is 40.5. The van der Waals surface area contributed by atoms with Gasteiger partial charge in [-0.05, 0) is 19.3 Å². The lowest BCUT2D eigenvalue weighted by Crippen LogP contribution is -2.17. The molecule has 0 saturated carbocycles. The summed E-state index contributed by atoms with van der Waals surface area (Å²) in [5.74, 6) is 0. The molecule has 262 valence electrons. The van der Waals surface area contributed by atoms with Gasteiger partial charge in [0.15, 0.2) is 0 Å². The minimum Gasteiger partial charge on any atom is -0.371 e. The van der Waals surface area contributed by atoms with Gasteiger partial charge in [-0.2, -0.15) is 0 Å². The van der Waals surface area contributed by atoms with Crippen LogP contribution in [-0.2, 0) is 0 Å². The van der Waals surface area contributed by atoms with E-state index in [-0.39, 0.29) is 0 Å². The first-order valence-corrected chi connectivity index (χ1v) is 21.5. The predicted molar refractivity (Wildman–Crippen MR) is 217 cm³/mol. The summed E-state index contributed by atoms with van der Waals surface area (Å²) < 4.78 is 1.51. The maximum Gasteiger partial charge on any atom is 0.130 e. The van der Waals surface area contributed by atoms with Crippen molar-refractivity contribution in [2.24, 2.45) is 0 Å². The van der Waals surface area contributed by atoms with E-state index in [1.807, 2.05) is 0 Å². The molecular weight excluding hydrogens is 611 g/mol. The van der Waals surface area contributed by atoms with Crippen LogP contribution in [0.4, 0.5) is 0 Å². The molecule has 0 aliphatic carbocycles. The summed E-state index contributed by atoms with van der Waals surface area (Å²) in [5, 5.41) is 3.12. The van der Waals surface area contributed by atoms with Crippen molar-refractivity contribution in [1.29, 1.82) is 0 Å². The van der Waals surface area contributed by atoms with Gasteiger partial charge >= 0.3 is 0 Å². The monoisotopic (exact) mass is 687 g/mol. The van der Waals surface area contributed by atoms with Gasteiger partial charge in [0.1, 0.15) is 4.32 Å². The molecule has 0 heterocycles. The van der Waals surface area contributed by atoms with Crippen LogP contribution in [0.25, 0.3) is 0 Å². The maximum atomic E-state index is 5.02. The zero-order valence-electron chi connectivity index (χ0n) is 29.4. The van der Waals surface area contributed by atoms with E-state index in [1.54, 1.807) is 0 Å². The summed E-state index contributed by atoms with van der Waals surface area (Å²) in [7, 11) is 0. The molecule has 0 saturated heterocycles. The minimum absolute atomic E-state index is 0.629. The number of hydrogen-bond acceptors (Lipinski definition) is 2. The molecular formula is C39H77NS4. The van der Waals surface area contributed by atoms with Crippen molar-refractivity contribution in [2.75, 3.05) is 6.54 Å². The molecule has 0 aromatic rings. The van der Waals surface area contributed by atoms with Crippen LogP contribution >= 0.6 is 49.7 Å². The quantitative estimate of drug-likeness (QED) is 0.0340. The predicted octanol–water partition coefficient (Wildman–Crippen LogP) is 15.1. The van der Waals surface area contributed by atoms with Gasteiger partial charge in [0, 0.05) is 10.7 Å². The molecule has 0 atom stereocenters. The molecule has 44 heavy (non-hydrogen) atoms. The van der Waals surface area contributed by atoms with Crippen molar-refractivity contribution in [3.8, 4) is 0 Å². The van der Waals surface area contributed by atoms with Crippen molar-refractivity contribution in [2.45, 2.75) is 231 Å². The van der Waals surface area contributed by atoms with E-state index in [0.29, 0.717) is 4.32 Å². The van der Waals surface area contributed by atoms with E-state index < -0.39 is 0 Å². The summed E-state index contributed by atoms with van der Waals surface area (Å²) >= 11 is 18.2. The molecule has 0 unspecified atom stereocenters. The van der Waals surface area contributed by atoms with Crippen molar-refractivity contribution in [3.05, 3.63) is 0 Å². The zero-order valence-corrected chi connectivity index (χ0v) is 32.8. The average molecular weight is 688 g/mol. The Hall–Kier alpha value is 0.680. The standard InChI is InChI=1S/C39H77NS4/c41-38(42)36-34-32-30-28-26-24-22-20-18-16-14-12-10-8-6-4-2-1-3-5-7-9-11-13-15-17-19-21-23-25-27-29-31-33-35-37-40-39(43)44/h1-37H2,(H,41,42)(H2,40,43,44). The molecule has 0 radical (unpaired) electrons. The molecule has 0 bridgehead atoms. The highest BCUT2D eigenvalue weighted by molar-refractivity contribution is 8.11. The van der Waals surface area contributed by atoms with Gasteiger partial charge in [0.25, 0.3) is 0 Å². The maximum absolute atomic E-state index is 5.02. The van der Waals surface area contributed by atoms with Gasteiger partial charge in [-0.3, -0.25) is 0 Å². The highest BCUT2D eigenvalue weighted by atomic mass is 32.1. The second-order valence-corrected chi connectivity index (χ2v) is 16.2. The number of thiocarbonyl (C=S) groups is 2. The van der Waals surface area contributed by atoms with Crippen LogP contribution in [0.2, 0.25) is 0 Å². The first-order chi connectivity index (χ1) is 21.6. The largest absolute Gasteiger partial charge is 0.371 e. The van der Waals surface area contributed by atoms with E-state index in [9.17, 15) is 0 Å². The van der Waals surface area contributed by atoms with E-state index in [1.165, 1.54) is 225 Å². The second kappa shape index (κ2) is 39.9. The Morgan fingerprint density at radius 3 is 0.659 bits per heavy atom. The lowest BCUT2D eigenvalue weighted by molar-refractivity contribution is 0.510. The fourth-order valence-electron chi connectivity index (χ4n) is 6.43. The van der Waals surface area contributed by atoms with E-state index >= 15 is 0 Å². The van der Waals surface area contributed by atoms with Gasteiger partial charge in [0.2, 0.25) is 0 Å². The van der Waals surface area contributed by atoms with Gasteiger partial charge in [-0.25, -0.2) is 0 Å². The molecule has 0 aromatic carbocycles. The Balaban J connectivity index is 3.05. The van der Waals surface area contributed by atoms with Crippen LogP contribution in [0.3, 0.4) is 0 Å². The summed E-state index contributed by atoms with van der Waals surface area (Å²) in [6.45, 7) is 0.986. The third kappa shape index (κ3) is 42.7. The first-order valence-electron chi connectivity index (χ1n) is 19.8. The topological polar surface area (TPSA) is 12.0 Å². The fraction of sp³-hybridized carbons (Fsp3) is 0.949. The first kappa shape index (κ1) is 44.7. The molecule has 0 amide bonds. The molecule has 0 spiro atoms. The van der Waals surface area contributed by atoms with Crippen LogP contribution in [0.15, 0.2) is 0 Å².